The Hall–Kier alpha value is -1.81. The fourth-order valence-corrected chi connectivity index (χ4v) is 3.64. The number of hydrogen-bond acceptors (Lipinski definition) is 3. The van der Waals surface area contributed by atoms with E-state index in [2.05, 4.69) is 35.1 Å². The molecule has 4 nitrogen and oxygen atoms in total. The fourth-order valence-electron chi connectivity index (χ4n) is 3.64. The van der Waals surface area contributed by atoms with Gasteiger partial charge >= 0.3 is 0 Å². The van der Waals surface area contributed by atoms with Crippen molar-refractivity contribution in [2.75, 3.05) is 7.05 Å². The minimum absolute atomic E-state index is 0.390. The lowest BCUT2D eigenvalue weighted by Gasteiger charge is -2.28. The molecule has 1 unspecified atom stereocenters. The summed E-state index contributed by atoms with van der Waals surface area (Å²) in [5.41, 5.74) is 2.23. The standard InChI is InChI=1S/C20H29N3O/c1-16(18-11-7-4-8-12-18)23-20(13-19(22-23)14-21-2)24-15-17-9-5-3-6-10-17/h3,5-6,9-10,13,16,18,21H,4,7-8,11-12,14-15H2,1-2H3. The Labute approximate surface area is 145 Å². The maximum atomic E-state index is 6.13. The van der Waals surface area contributed by atoms with Crippen LogP contribution < -0.4 is 10.1 Å². The van der Waals surface area contributed by atoms with Gasteiger partial charge in [0, 0.05) is 12.6 Å². The van der Waals surface area contributed by atoms with Crippen LogP contribution in [0.3, 0.4) is 0 Å². The Balaban J connectivity index is 1.75. The van der Waals surface area contributed by atoms with E-state index in [1.807, 2.05) is 25.2 Å². The third-order valence-corrected chi connectivity index (χ3v) is 5.06. The average molecular weight is 327 g/mol. The Morgan fingerprint density at radius 2 is 1.96 bits per heavy atom. The number of rotatable bonds is 7. The highest BCUT2D eigenvalue weighted by atomic mass is 16.5. The molecule has 130 valence electrons. The molecule has 0 aliphatic heterocycles. The lowest BCUT2D eigenvalue weighted by Crippen LogP contribution is -2.21. The van der Waals surface area contributed by atoms with Gasteiger partial charge in [-0.1, -0.05) is 49.6 Å². The zero-order valence-corrected chi connectivity index (χ0v) is 14.9. The third-order valence-electron chi connectivity index (χ3n) is 5.06. The van der Waals surface area contributed by atoms with Gasteiger partial charge in [-0.05, 0) is 38.3 Å². The first-order valence-electron chi connectivity index (χ1n) is 9.17. The van der Waals surface area contributed by atoms with Gasteiger partial charge in [0.2, 0.25) is 5.88 Å². The summed E-state index contributed by atoms with van der Waals surface area (Å²) in [6.07, 6.45) is 6.69. The van der Waals surface area contributed by atoms with Crippen LogP contribution in [0, 0.1) is 5.92 Å². The second-order valence-electron chi connectivity index (χ2n) is 6.86. The molecule has 0 spiro atoms. The zero-order chi connectivity index (χ0) is 16.8. The predicted octanol–water partition coefficient (Wildman–Crippen LogP) is 4.32. The van der Waals surface area contributed by atoms with Crippen molar-refractivity contribution in [1.29, 1.82) is 0 Å². The van der Waals surface area contributed by atoms with Crippen LogP contribution >= 0.6 is 0 Å². The van der Waals surface area contributed by atoms with Gasteiger partial charge in [-0.25, -0.2) is 4.68 Å². The van der Waals surface area contributed by atoms with E-state index >= 15 is 0 Å². The summed E-state index contributed by atoms with van der Waals surface area (Å²) in [6, 6.07) is 12.8. The fraction of sp³-hybridized carbons (Fsp3) is 0.550. The minimum Gasteiger partial charge on any atom is -0.473 e. The summed E-state index contributed by atoms with van der Waals surface area (Å²) in [6.45, 7) is 3.65. The molecule has 1 heterocycles. The van der Waals surface area contributed by atoms with E-state index in [-0.39, 0.29) is 0 Å². The van der Waals surface area contributed by atoms with Crippen molar-refractivity contribution in [3.8, 4) is 5.88 Å². The highest BCUT2D eigenvalue weighted by Gasteiger charge is 2.24. The Morgan fingerprint density at radius 1 is 1.21 bits per heavy atom. The van der Waals surface area contributed by atoms with Crippen molar-refractivity contribution in [1.82, 2.24) is 15.1 Å². The summed E-state index contributed by atoms with van der Waals surface area (Å²) >= 11 is 0. The van der Waals surface area contributed by atoms with Gasteiger partial charge in [0.05, 0.1) is 11.7 Å². The SMILES string of the molecule is CNCc1cc(OCc2ccccc2)n(C(C)C2CCCCC2)n1. The molecular formula is C20H29N3O. The maximum Gasteiger partial charge on any atom is 0.212 e. The van der Waals surface area contributed by atoms with Crippen molar-refractivity contribution in [3.63, 3.8) is 0 Å². The van der Waals surface area contributed by atoms with E-state index < -0.39 is 0 Å². The average Bonchev–Trinajstić information content (AvgIpc) is 3.04. The summed E-state index contributed by atoms with van der Waals surface area (Å²) in [5.74, 6) is 1.60. The van der Waals surface area contributed by atoms with Gasteiger partial charge in [-0.2, -0.15) is 5.10 Å². The van der Waals surface area contributed by atoms with Crippen molar-refractivity contribution >= 4 is 0 Å². The van der Waals surface area contributed by atoms with Crippen molar-refractivity contribution in [2.45, 2.75) is 58.2 Å². The van der Waals surface area contributed by atoms with Crippen LogP contribution in [0.15, 0.2) is 36.4 Å². The van der Waals surface area contributed by atoms with Gasteiger partial charge in [-0.3, -0.25) is 0 Å². The Kier molecular flexibility index (Phi) is 5.91. The topological polar surface area (TPSA) is 39.1 Å². The summed E-state index contributed by atoms with van der Waals surface area (Å²) in [7, 11) is 1.95. The van der Waals surface area contributed by atoms with Crippen LogP contribution in [0.25, 0.3) is 0 Å². The molecule has 1 aliphatic rings. The molecule has 2 aromatic rings. The van der Waals surface area contributed by atoms with E-state index in [1.54, 1.807) is 0 Å². The summed E-state index contributed by atoms with van der Waals surface area (Å²) in [5, 5.41) is 8.00. The second-order valence-corrected chi connectivity index (χ2v) is 6.86. The lowest BCUT2D eigenvalue weighted by atomic mass is 9.85. The smallest absolute Gasteiger partial charge is 0.212 e. The molecule has 1 aromatic carbocycles. The van der Waals surface area contributed by atoms with Crippen LogP contribution in [0.1, 0.15) is 56.3 Å². The van der Waals surface area contributed by atoms with Crippen molar-refractivity contribution in [2.24, 2.45) is 5.92 Å². The molecule has 0 amide bonds. The molecular weight excluding hydrogens is 298 g/mol. The number of hydrogen-bond donors (Lipinski definition) is 1. The van der Waals surface area contributed by atoms with Gasteiger partial charge < -0.3 is 10.1 Å². The largest absolute Gasteiger partial charge is 0.473 e. The van der Waals surface area contributed by atoms with Crippen LogP contribution in [0.4, 0.5) is 0 Å². The highest BCUT2D eigenvalue weighted by Crippen LogP contribution is 2.34. The number of ether oxygens (including phenoxy) is 1. The first kappa shape index (κ1) is 17.0. The molecule has 0 saturated heterocycles. The number of nitrogens with one attached hydrogen (secondary N) is 1. The molecule has 1 saturated carbocycles. The second kappa shape index (κ2) is 8.34. The normalized spacial score (nSPS) is 16.9. The molecule has 3 rings (SSSR count). The summed E-state index contributed by atoms with van der Waals surface area (Å²) < 4.78 is 8.25. The first-order chi connectivity index (χ1) is 11.8. The van der Waals surface area contributed by atoms with E-state index in [1.165, 1.54) is 37.7 Å². The van der Waals surface area contributed by atoms with Gasteiger partial charge in [0.15, 0.2) is 0 Å². The molecule has 4 heteroatoms. The Bertz CT molecular complexity index is 617. The van der Waals surface area contributed by atoms with Crippen molar-refractivity contribution < 1.29 is 4.74 Å². The van der Waals surface area contributed by atoms with Gasteiger partial charge in [0.25, 0.3) is 0 Å². The van der Waals surface area contributed by atoms with E-state index in [9.17, 15) is 0 Å². The Morgan fingerprint density at radius 3 is 2.67 bits per heavy atom. The maximum absolute atomic E-state index is 6.13. The van der Waals surface area contributed by atoms with E-state index in [4.69, 9.17) is 9.84 Å². The quantitative estimate of drug-likeness (QED) is 0.823. The molecule has 1 fully saturated rings. The molecule has 1 aliphatic carbocycles. The number of benzene rings is 1. The lowest BCUT2D eigenvalue weighted by molar-refractivity contribution is 0.209. The van der Waals surface area contributed by atoms with Crippen LogP contribution in [0.2, 0.25) is 0 Å². The molecule has 1 atom stereocenters. The van der Waals surface area contributed by atoms with Crippen LogP contribution in [-0.2, 0) is 13.2 Å². The monoisotopic (exact) mass is 327 g/mol. The molecule has 0 bridgehead atoms. The first-order valence-corrected chi connectivity index (χ1v) is 9.17. The van der Waals surface area contributed by atoms with Crippen LogP contribution in [0.5, 0.6) is 5.88 Å². The van der Waals surface area contributed by atoms with E-state index in [0.717, 1.165) is 18.1 Å². The predicted molar refractivity (Wildman–Crippen MR) is 97.1 cm³/mol. The molecule has 1 N–H and O–H groups in total. The third kappa shape index (κ3) is 4.18. The summed E-state index contributed by atoms with van der Waals surface area (Å²) in [4.78, 5) is 0. The molecule has 0 radical (unpaired) electrons. The number of aromatic nitrogens is 2. The van der Waals surface area contributed by atoms with Crippen molar-refractivity contribution in [3.05, 3.63) is 47.7 Å². The molecule has 24 heavy (non-hydrogen) atoms. The highest BCUT2D eigenvalue weighted by molar-refractivity contribution is 5.19. The molecule has 1 aromatic heterocycles. The van der Waals surface area contributed by atoms with Gasteiger partial charge in [0.1, 0.15) is 6.61 Å². The van der Waals surface area contributed by atoms with E-state index in [0.29, 0.717) is 18.6 Å². The van der Waals surface area contributed by atoms with Crippen LogP contribution in [-0.4, -0.2) is 16.8 Å². The van der Waals surface area contributed by atoms with Gasteiger partial charge in [-0.15, -0.1) is 0 Å². The zero-order valence-electron chi connectivity index (χ0n) is 14.9. The number of nitrogens with zero attached hydrogens (tertiary/aromatic N) is 2. The minimum atomic E-state index is 0.390.